The molecule has 1 aromatic heterocycles. The second kappa shape index (κ2) is 12.7. The Morgan fingerprint density at radius 3 is 3.00 bits per heavy atom. The van der Waals surface area contributed by atoms with Crippen molar-refractivity contribution in [3.63, 3.8) is 0 Å². The van der Waals surface area contributed by atoms with Crippen molar-refractivity contribution in [2.75, 3.05) is 40.0 Å². The topological polar surface area (TPSA) is 72.7 Å². The van der Waals surface area contributed by atoms with E-state index in [-0.39, 0.29) is 24.0 Å². The Balaban J connectivity index is 0.00000280. The minimum atomic E-state index is 0. The van der Waals surface area contributed by atoms with Crippen LogP contribution < -0.4 is 10.6 Å². The van der Waals surface area contributed by atoms with E-state index in [1.807, 2.05) is 29.2 Å². The Morgan fingerprint density at radius 2 is 2.25 bits per heavy atom. The summed E-state index contributed by atoms with van der Waals surface area (Å²) in [5.41, 5.74) is 2.29. The Hall–Kier alpha value is -1.65. The van der Waals surface area contributed by atoms with Crippen LogP contribution >= 0.6 is 24.0 Å². The average molecular weight is 499 g/mol. The van der Waals surface area contributed by atoms with Gasteiger partial charge < -0.3 is 24.7 Å². The van der Waals surface area contributed by atoms with Gasteiger partial charge in [-0.05, 0) is 24.5 Å². The highest BCUT2D eigenvalue weighted by Crippen LogP contribution is 2.14. The van der Waals surface area contributed by atoms with Crippen molar-refractivity contribution in [1.82, 2.24) is 20.2 Å². The first-order chi connectivity index (χ1) is 13.4. The highest BCUT2D eigenvalue weighted by molar-refractivity contribution is 14.0. The molecule has 0 aliphatic carbocycles. The standard InChI is InChI=1S/C20H29N5O2.HI/c1-21-20(23-8-4-11-26-14-17-7-12-27-15-17)24-13-18-5-2-3-6-19(18)25-10-9-22-16-25;/h2-3,5-6,9-10,16-17H,4,7-8,11-15H2,1H3,(H2,21,23,24);1H. The van der Waals surface area contributed by atoms with Crippen LogP contribution in [-0.2, 0) is 16.0 Å². The summed E-state index contributed by atoms with van der Waals surface area (Å²) in [4.78, 5) is 8.42. The first kappa shape index (κ1) is 22.6. The summed E-state index contributed by atoms with van der Waals surface area (Å²) in [5, 5.41) is 6.71. The highest BCUT2D eigenvalue weighted by Gasteiger charge is 2.15. The maximum absolute atomic E-state index is 5.73. The summed E-state index contributed by atoms with van der Waals surface area (Å²) in [6.07, 6.45) is 7.61. The molecule has 28 heavy (non-hydrogen) atoms. The van der Waals surface area contributed by atoms with E-state index in [0.717, 1.165) is 57.5 Å². The van der Waals surface area contributed by atoms with Crippen LogP contribution in [0.4, 0.5) is 0 Å². The summed E-state index contributed by atoms with van der Waals surface area (Å²) < 4.78 is 13.1. The van der Waals surface area contributed by atoms with Gasteiger partial charge in [-0.1, -0.05) is 18.2 Å². The molecular formula is C20H30IN5O2. The fourth-order valence-corrected chi connectivity index (χ4v) is 3.06. The van der Waals surface area contributed by atoms with Crippen LogP contribution in [0.25, 0.3) is 5.69 Å². The van der Waals surface area contributed by atoms with E-state index in [2.05, 4.69) is 32.7 Å². The predicted molar refractivity (Wildman–Crippen MR) is 122 cm³/mol. The van der Waals surface area contributed by atoms with Gasteiger partial charge >= 0.3 is 0 Å². The van der Waals surface area contributed by atoms with Gasteiger partial charge in [-0.2, -0.15) is 0 Å². The monoisotopic (exact) mass is 499 g/mol. The normalized spacial score (nSPS) is 16.6. The van der Waals surface area contributed by atoms with Crippen LogP contribution in [0.15, 0.2) is 48.0 Å². The maximum Gasteiger partial charge on any atom is 0.191 e. The number of aromatic nitrogens is 2. The van der Waals surface area contributed by atoms with Crippen molar-refractivity contribution >= 4 is 29.9 Å². The van der Waals surface area contributed by atoms with Crippen LogP contribution in [0.2, 0.25) is 0 Å². The maximum atomic E-state index is 5.73. The number of nitrogens with one attached hydrogen (secondary N) is 2. The van der Waals surface area contributed by atoms with E-state index in [0.29, 0.717) is 12.5 Å². The zero-order chi connectivity index (χ0) is 18.7. The number of rotatable bonds is 9. The Bertz CT molecular complexity index is 702. The summed E-state index contributed by atoms with van der Waals surface area (Å²) in [7, 11) is 1.79. The third-order valence-electron chi connectivity index (χ3n) is 4.58. The van der Waals surface area contributed by atoms with Gasteiger partial charge in [-0.3, -0.25) is 4.99 Å². The van der Waals surface area contributed by atoms with Gasteiger partial charge in [0.05, 0.1) is 25.2 Å². The van der Waals surface area contributed by atoms with Gasteiger partial charge in [0.25, 0.3) is 0 Å². The second-order valence-corrected chi connectivity index (χ2v) is 6.61. The number of para-hydroxylation sites is 1. The van der Waals surface area contributed by atoms with Gasteiger partial charge in [-0.15, -0.1) is 24.0 Å². The van der Waals surface area contributed by atoms with Gasteiger partial charge in [0, 0.05) is 51.7 Å². The summed E-state index contributed by atoms with van der Waals surface area (Å²) in [6, 6.07) is 8.27. The Kier molecular flexibility index (Phi) is 10.3. The number of benzene rings is 1. The average Bonchev–Trinajstić information content (AvgIpc) is 3.41. The Labute approximate surface area is 184 Å². The van der Waals surface area contributed by atoms with Crippen molar-refractivity contribution < 1.29 is 9.47 Å². The number of hydrogen-bond donors (Lipinski definition) is 2. The van der Waals surface area contributed by atoms with Crippen LogP contribution in [0.3, 0.4) is 0 Å². The second-order valence-electron chi connectivity index (χ2n) is 6.61. The number of halogens is 1. The number of imidazole rings is 1. The Morgan fingerprint density at radius 1 is 1.36 bits per heavy atom. The van der Waals surface area contributed by atoms with Crippen molar-refractivity contribution in [2.24, 2.45) is 10.9 Å². The van der Waals surface area contributed by atoms with Gasteiger partial charge in [0.15, 0.2) is 5.96 Å². The molecule has 1 aliphatic heterocycles. The molecule has 1 saturated heterocycles. The smallest absolute Gasteiger partial charge is 0.191 e. The molecule has 0 saturated carbocycles. The molecule has 7 nitrogen and oxygen atoms in total. The molecule has 0 spiro atoms. The molecule has 8 heteroatoms. The molecule has 2 N–H and O–H groups in total. The fourth-order valence-electron chi connectivity index (χ4n) is 3.06. The number of ether oxygens (including phenoxy) is 2. The van der Waals surface area contributed by atoms with Crippen LogP contribution in [0, 0.1) is 5.92 Å². The minimum absolute atomic E-state index is 0. The number of nitrogens with zero attached hydrogens (tertiary/aromatic N) is 3. The lowest BCUT2D eigenvalue weighted by molar-refractivity contribution is 0.0888. The van der Waals surface area contributed by atoms with Crippen LogP contribution in [0.5, 0.6) is 0 Å². The summed E-state index contributed by atoms with van der Waals surface area (Å²) in [5.74, 6) is 1.36. The molecule has 154 valence electrons. The minimum Gasteiger partial charge on any atom is -0.381 e. The van der Waals surface area contributed by atoms with E-state index >= 15 is 0 Å². The number of guanidine groups is 1. The SMILES string of the molecule is CN=C(NCCCOCC1CCOC1)NCc1ccccc1-n1ccnc1.I. The van der Waals surface area contributed by atoms with Gasteiger partial charge in [0.1, 0.15) is 0 Å². The molecule has 0 bridgehead atoms. The van der Waals surface area contributed by atoms with E-state index in [4.69, 9.17) is 9.47 Å². The first-order valence-corrected chi connectivity index (χ1v) is 9.53. The van der Waals surface area contributed by atoms with Crippen molar-refractivity contribution in [3.8, 4) is 5.69 Å². The molecule has 1 aromatic carbocycles. The molecule has 0 amide bonds. The molecule has 1 aliphatic rings. The van der Waals surface area contributed by atoms with E-state index in [9.17, 15) is 0 Å². The van der Waals surface area contributed by atoms with Crippen molar-refractivity contribution in [2.45, 2.75) is 19.4 Å². The van der Waals surface area contributed by atoms with Crippen LogP contribution in [-0.4, -0.2) is 55.5 Å². The van der Waals surface area contributed by atoms with Crippen molar-refractivity contribution in [1.29, 1.82) is 0 Å². The van der Waals surface area contributed by atoms with E-state index < -0.39 is 0 Å². The van der Waals surface area contributed by atoms with Crippen LogP contribution in [0.1, 0.15) is 18.4 Å². The summed E-state index contributed by atoms with van der Waals surface area (Å²) in [6.45, 7) is 4.79. The lowest BCUT2D eigenvalue weighted by Gasteiger charge is -2.15. The third kappa shape index (κ3) is 7.06. The first-order valence-electron chi connectivity index (χ1n) is 9.53. The fraction of sp³-hybridized carbons (Fsp3) is 0.500. The van der Waals surface area contributed by atoms with Gasteiger partial charge in [-0.25, -0.2) is 4.98 Å². The largest absolute Gasteiger partial charge is 0.381 e. The van der Waals surface area contributed by atoms with E-state index in [1.165, 1.54) is 5.56 Å². The summed E-state index contributed by atoms with van der Waals surface area (Å²) >= 11 is 0. The third-order valence-corrected chi connectivity index (χ3v) is 4.58. The number of aliphatic imine (C=N–C) groups is 1. The predicted octanol–water partition coefficient (Wildman–Crippen LogP) is 2.60. The molecule has 2 heterocycles. The zero-order valence-electron chi connectivity index (χ0n) is 16.3. The lowest BCUT2D eigenvalue weighted by Crippen LogP contribution is -2.37. The number of hydrogen-bond acceptors (Lipinski definition) is 4. The lowest BCUT2D eigenvalue weighted by atomic mass is 10.1. The molecule has 0 radical (unpaired) electrons. The quantitative estimate of drug-likeness (QED) is 0.240. The molecule has 1 atom stereocenters. The molecule has 2 aromatic rings. The molecule has 1 unspecified atom stereocenters. The van der Waals surface area contributed by atoms with Crippen molar-refractivity contribution in [3.05, 3.63) is 48.5 Å². The molecule has 3 rings (SSSR count). The van der Waals surface area contributed by atoms with Gasteiger partial charge in [0.2, 0.25) is 0 Å². The molecular weight excluding hydrogens is 469 g/mol. The van der Waals surface area contributed by atoms with E-state index in [1.54, 1.807) is 13.2 Å². The highest BCUT2D eigenvalue weighted by atomic mass is 127. The zero-order valence-corrected chi connectivity index (χ0v) is 18.7. The molecule has 1 fully saturated rings.